The molecule has 2 rings (SSSR count). The third-order valence-corrected chi connectivity index (χ3v) is 3.73. The fourth-order valence-corrected chi connectivity index (χ4v) is 2.39. The minimum atomic E-state index is 0.676. The van der Waals surface area contributed by atoms with Crippen LogP contribution < -0.4 is 0 Å². The Labute approximate surface area is 100 Å². The maximum Gasteiger partial charge on any atom is 0.104 e. The van der Waals surface area contributed by atoms with Gasteiger partial charge in [0.15, 0.2) is 0 Å². The Balaban J connectivity index is 2.33. The van der Waals surface area contributed by atoms with Gasteiger partial charge in [-0.05, 0) is 12.1 Å². The van der Waals surface area contributed by atoms with E-state index in [1.165, 1.54) is 0 Å². The van der Waals surface area contributed by atoms with Crippen LogP contribution >= 0.6 is 27.3 Å². The number of hydrogen-bond donors (Lipinski definition) is 0. The lowest BCUT2D eigenvalue weighted by Gasteiger charge is -1.95. The van der Waals surface area contributed by atoms with Crippen molar-refractivity contribution in [2.24, 2.45) is 0 Å². The Kier molecular flexibility index (Phi) is 3.14. The highest BCUT2D eigenvalue weighted by Gasteiger charge is 2.03. The molecule has 1 aromatic carbocycles. The molecule has 0 spiro atoms. The fourth-order valence-electron chi connectivity index (χ4n) is 1.22. The molecule has 2 nitrogen and oxygen atoms in total. The van der Waals surface area contributed by atoms with Gasteiger partial charge in [0, 0.05) is 10.9 Å². The molecule has 0 radical (unpaired) electrons. The summed E-state index contributed by atoms with van der Waals surface area (Å²) in [7, 11) is 0. The molecule has 1 aromatic heterocycles. The van der Waals surface area contributed by atoms with Crippen molar-refractivity contribution in [1.29, 1.82) is 5.26 Å². The van der Waals surface area contributed by atoms with E-state index in [4.69, 9.17) is 5.26 Å². The number of hydrogen-bond acceptors (Lipinski definition) is 3. The van der Waals surface area contributed by atoms with E-state index < -0.39 is 0 Å². The molecule has 2 aromatic rings. The van der Waals surface area contributed by atoms with Crippen LogP contribution in [-0.2, 0) is 5.33 Å². The van der Waals surface area contributed by atoms with Gasteiger partial charge in [-0.15, -0.1) is 11.3 Å². The average molecular weight is 279 g/mol. The topological polar surface area (TPSA) is 36.7 Å². The van der Waals surface area contributed by atoms with E-state index in [0.717, 1.165) is 21.6 Å². The predicted octanol–water partition coefficient (Wildman–Crippen LogP) is 3.58. The minimum absolute atomic E-state index is 0.676. The molecule has 0 saturated carbocycles. The first-order chi connectivity index (χ1) is 7.33. The van der Waals surface area contributed by atoms with Crippen LogP contribution in [0.15, 0.2) is 29.6 Å². The van der Waals surface area contributed by atoms with Gasteiger partial charge in [0.1, 0.15) is 5.01 Å². The standard InChI is InChI=1S/C11H7BrN2S/c12-5-11-14-10(7-15-11)9-3-1-8(6-13)2-4-9/h1-4,7H,5H2. The van der Waals surface area contributed by atoms with Crippen LogP contribution in [0.25, 0.3) is 11.3 Å². The molecule has 4 heteroatoms. The van der Waals surface area contributed by atoms with E-state index in [9.17, 15) is 0 Å². The summed E-state index contributed by atoms with van der Waals surface area (Å²) in [6.07, 6.45) is 0. The summed E-state index contributed by atoms with van der Waals surface area (Å²) in [5.74, 6) is 0. The molecule has 1 heterocycles. The second-order valence-corrected chi connectivity index (χ2v) is 4.45. The molecule has 0 aliphatic heterocycles. The third kappa shape index (κ3) is 2.25. The van der Waals surface area contributed by atoms with Crippen molar-refractivity contribution < 1.29 is 0 Å². The van der Waals surface area contributed by atoms with E-state index in [1.807, 2.05) is 29.6 Å². The smallest absolute Gasteiger partial charge is 0.104 e. The van der Waals surface area contributed by atoms with Gasteiger partial charge in [-0.2, -0.15) is 5.26 Å². The molecular formula is C11H7BrN2S. The van der Waals surface area contributed by atoms with Crippen molar-refractivity contribution >= 4 is 27.3 Å². The van der Waals surface area contributed by atoms with E-state index >= 15 is 0 Å². The van der Waals surface area contributed by atoms with Crippen LogP contribution in [0.5, 0.6) is 0 Å². The number of rotatable bonds is 2. The van der Waals surface area contributed by atoms with E-state index in [-0.39, 0.29) is 0 Å². The van der Waals surface area contributed by atoms with Gasteiger partial charge in [-0.25, -0.2) is 4.98 Å². The Morgan fingerprint density at radius 3 is 2.60 bits per heavy atom. The van der Waals surface area contributed by atoms with Crippen molar-refractivity contribution in [3.05, 3.63) is 40.2 Å². The number of aromatic nitrogens is 1. The summed E-state index contributed by atoms with van der Waals surface area (Å²) in [4.78, 5) is 4.44. The Bertz CT molecular complexity index is 496. The zero-order valence-electron chi connectivity index (χ0n) is 7.77. The Hall–Kier alpha value is -1.18. The molecule has 0 atom stereocenters. The second-order valence-electron chi connectivity index (χ2n) is 2.95. The molecule has 0 bridgehead atoms. The van der Waals surface area contributed by atoms with Crippen molar-refractivity contribution in [2.75, 3.05) is 0 Å². The molecule has 0 aliphatic carbocycles. The van der Waals surface area contributed by atoms with Crippen LogP contribution in [0.3, 0.4) is 0 Å². The number of thiazole rings is 1. The lowest BCUT2D eigenvalue weighted by molar-refractivity contribution is 1.28. The Morgan fingerprint density at radius 2 is 2.07 bits per heavy atom. The van der Waals surface area contributed by atoms with E-state index in [0.29, 0.717) is 5.56 Å². The van der Waals surface area contributed by atoms with E-state index in [1.54, 1.807) is 11.3 Å². The van der Waals surface area contributed by atoms with Gasteiger partial charge in [-0.3, -0.25) is 0 Å². The lowest BCUT2D eigenvalue weighted by atomic mass is 10.1. The summed E-state index contributed by atoms with van der Waals surface area (Å²) in [6.45, 7) is 0. The average Bonchev–Trinajstić information content (AvgIpc) is 2.78. The lowest BCUT2D eigenvalue weighted by Crippen LogP contribution is -1.80. The van der Waals surface area contributed by atoms with Crippen molar-refractivity contribution in [1.82, 2.24) is 4.98 Å². The van der Waals surface area contributed by atoms with Crippen molar-refractivity contribution in [3.63, 3.8) is 0 Å². The Morgan fingerprint density at radius 1 is 1.33 bits per heavy atom. The summed E-state index contributed by atoms with van der Waals surface area (Å²) >= 11 is 5.00. The van der Waals surface area contributed by atoms with Crippen LogP contribution in [0.4, 0.5) is 0 Å². The summed E-state index contributed by atoms with van der Waals surface area (Å²) in [5, 5.41) is 12.5. The van der Waals surface area contributed by atoms with Gasteiger partial charge in [0.25, 0.3) is 0 Å². The molecule has 74 valence electrons. The molecule has 0 saturated heterocycles. The first-order valence-corrected chi connectivity index (χ1v) is 6.34. The molecule has 0 amide bonds. The van der Waals surface area contributed by atoms with Crippen molar-refractivity contribution in [2.45, 2.75) is 5.33 Å². The first kappa shape index (κ1) is 10.3. The number of nitriles is 1. The zero-order chi connectivity index (χ0) is 10.7. The quantitative estimate of drug-likeness (QED) is 0.788. The minimum Gasteiger partial charge on any atom is -0.240 e. The van der Waals surface area contributed by atoms with Gasteiger partial charge in [0.05, 0.1) is 22.7 Å². The number of halogens is 1. The highest BCUT2D eigenvalue weighted by atomic mass is 79.9. The summed E-state index contributed by atoms with van der Waals surface area (Å²) < 4.78 is 0. The molecule has 0 fully saturated rings. The molecule has 15 heavy (non-hydrogen) atoms. The molecule has 0 unspecified atom stereocenters. The summed E-state index contributed by atoms with van der Waals surface area (Å²) in [5.41, 5.74) is 2.70. The van der Waals surface area contributed by atoms with Gasteiger partial charge in [-0.1, -0.05) is 28.1 Å². The number of alkyl halides is 1. The fraction of sp³-hybridized carbons (Fsp3) is 0.0909. The molecule has 0 aliphatic rings. The van der Waals surface area contributed by atoms with Crippen LogP contribution in [0, 0.1) is 11.3 Å². The normalized spacial score (nSPS) is 9.87. The number of benzene rings is 1. The van der Waals surface area contributed by atoms with Gasteiger partial charge < -0.3 is 0 Å². The third-order valence-electron chi connectivity index (χ3n) is 1.98. The monoisotopic (exact) mass is 278 g/mol. The highest BCUT2D eigenvalue weighted by Crippen LogP contribution is 2.23. The van der Waals surface area contributed by atoms with Crippen LogP contribution in [0.1, 0.15) is 10.6 Å². The molecular weight excluding hydrogens is 272 g/mol. The SMILES string of the molecule is N#Cc1ccc(-c2csc(CBr)n2)cc1. The van der Waals surface area contributed by atoms with Crippen LogP contribution in [0.2, 0.25) is 0 Å². The summed E-state index contributed by atoms with van der Waals surface area (Å²) in [6, 6.07) is 9.56. The maximum atomic E-state index is 8.67. The van der Waals surface area contributed by atoms with E-state index in [2.05, 4.69) is 27.0 Å². The predicted molar refractivity (Wildman–Crippen MR) is 64.9 cm³/mol. The zero-order valence-corrected chi connectivity index (χ0v) is 10.2. The van der Waals surface area contributed by atoms with Gasteiger partial charge >= 0.3 is 0 Å². The van der Waals surface area contributed by atoms with Crippen molar-refractivity contribution in [3.8, 4) is 17.3 Å². The van der Waals surface area contributed by atoms with Gasteiger partial charge in [0.2, 0.25) is 0 Å². The first-order valence-electron chi connectivity index (χ1n) is 4.34. The van der Waals surface area contributed by atoms with Crippen LogP contribution in [-0.4, -0.2) is 4.98 Å². The largest absolute Gasteiger partial charge is 0.240 e. The number of nitrogens with zero attached hydrogens (tertiary/aromatic N) is 2. The maximum absolute atomic E-state index is 8.67. The molecule has 0 N–H and O–H groups in total. The second kappa shape index (κ2) is 4.56. The highest BCUT2D eigenvalue weighted by molar-refractivity contribution is 9.08.